The number of halogens is 3. The molecule has 2 aromatic rings. The Morgan fingerprint density at radius 2 is 2.00 bits per heavy atom. The van der Waals surface area contributed by atoms with E-state index in [2.05, 4.69) is 5.32 Å². The van der Waals surface area contributed by atoms with E-state index in [1.54, 1.807) is 25.3 Å². The number of hydrogen-bond acceptors (Lipinski definition) is 3. The maximum Gasteiger partial charge on any atom is 0.135 e. The van der Waals surface area contributed by atoms with Gasteiger partial charge in [0.2, 0.25) is 0 Å². The number of methoxy groups -OCH3 is 1. The van der Waals surface area contributed by atoms with Gasteiger partial charge in [0.15, 0.2) is 0 Å². The topological polar surface area (TPSA) is 34.4 Å². The molecule has 3 nitrogen and oxygen atoms in total. The van der Waals surface area contributed by atoms with E-state index in [0.29, 0.717) is 23.2 Å². The highest BCUT2D eigenvalue weighted by molar-refractivity contribution is 6.35. The smallest absolute Gasteiger partial charge is 0.135 e. The molecular formula is C14H16Cl3NO2. The molecule has 0 radical (unpaired) electrons. The number of nitrogens with one attached hydrogen (secondary N) is 1. The van der Waals surface area contributed by atoms with Crippen LogP contribution in [0, 0.1) is 0 Å². The minimum absolute atomic E-state index is 0. The Labute approximate surface area is 134 Å². The van der Waals surface area contributed by atoms with Crippen LogP contribution < -0.4 is 5.32 Å². The fourth-order valence-electron chi connectivity index (χ4n) is 1.69. The predicted octanol–water partition coefficient (Wildman–Crippen LogP) is 4.41. The Kier molecular flexibility index (Phi) is 7.41. The maximum atomic E-state index is 6.13. The normalized spacial score (nSPS) is 10.3. The summed E-state index contributed by atoms with van der Waals surface area (Å²) in [6.45, 7) is 2.11. The second kappa shape index (κ2) is 8.55. The molecule has 2 rings (SSSR count). The van der Waals surface area contributed by atoms with Gasteiger partial charge in [0.05, 0.1) is 18.2 Å². The van der Waals surface area contributed by atoms with Crippen molar-refractivity contribution in [2.45, 2.75) is 6.54 Å². The van der Waals surface area contributed by atoms with Gasteiger partial charge in [-0.15, -0.1) is 12.4 Å². The maximum absolute atomic E-state index is 6.13. The van der Waals surface area contributed by atoms with Crippen molar-refractivity contribution < 1.29 is 9.15 Å². The van der Waals surface area contributed by atoms with Gasteiger partial charge in [-0.3, -0.25) is 0 Å². The lowest BCUT2D eigenvalue weighted by atomic mass is 10.2. The molecule has 0 unspecified atom stereocenters. The van der Waals surface area contributed by atoms with Crippen molar-refractivity contribution in [1.29, 1.82) is 0 Å². The van der Waals surface area contributed by atoms with Crippen molar-refractivity contribution in [3.63, 3.8) is 0 Å². The average Bonchev–Trinajstić information content (AvgIpc) is 2.86. The van der Waals surface area contributed by atoms with Crippen LogP contribution in [0.3, 0.4) is 0 Å². The van der Waals surface area contributed by atoms with E-state index < -0.39 is 0 Å². The first-order valence-corrected chi connectivity index (χ1v) is 6.70. The summed E-state index contributed by atoms with van der Waals surface area (Å²) in [5.74, 6) is 1.57. The molecule has 1 aromatic heterocycles. The highest BCUT2D eigenvalue weighted by atomic mass is 35.5. The van der Waals surface area contributed by atoms with Gasteiger partial charge >= 0.3 is 0 Å². The first-order chi connectivity index (χ1) is 9.20. The molecule has 0 amide bonds. The van der Waals surface area contributed by atoms with Crippen LogP contribution in [0.25, 0.3) is 11.3 Å². The van der Waals surface area contributed by atoms with Crippen LogP contribution >= 0.6 is 35.6 Å². The lowest BCUT2D eigenvalue weighted by Gasteiger charge is -2.03. The van der Waals surface area contributed by atoms with Crippen LogP contribution in [0.5, 0.6) is 0 Å². The van der Waals surface area contributed by atoms with Crippen molar-refractivity contribution in [1.82, 2.24) is 5.32 Å². The van der Waals surface area contributed by atoms with Crippen LogP contribution in [-0.2, 0) is 11.3 Å². The molecule has 1 aromatic carbocycles. The van der Waals surface area contributed by atoms with E-state index in [-0.39, 0.29) is 12.4 Å². The van der Waals surface area contributed by atoms with Crippen molar-refractivity contribution in [2.75, 3.05) is 20.3 Å². The van der Waals surface area contributed by atoms with Crippen molar-refractivity contribution in [2.24, 2.45) is 0 Å². The summed E-state index contributed by atoms with van der Waals surface area (Å²) in [7, 11) is 1.67. The quantitative estimate of drug-likeness (QED) is 0.793. The second-order valence-electron chi connectivity index (χ2n) is 4.06. The van der Waals surface area contributed by atoms with E-state index in [4.69, 9.17) is 32.4 Å². The molecule has 110 valence electrons. The van der Waals surface area contributed by atoms with Gasteiger partial charge in [0, 0.05) is 24.2 Å². The molecule has 0 aliphatic heterocycles. The summed E-state index contributed by atoms with van der Waals surface area (Å²) in [4.78, 5) is 0. The minimum atomic E-state index is 0. The summed E-state index contributed by atoms with van der Waals surface area (Å²) in [6, 6.07) is 9.13. The van der Waals surface area contributed by atoms with Gasteiger partial charge in [-0.05, 0) is 30.3 Å². The van der Waals surface area contributed by atoms with E-state index in [9.17, 15) is 0 Å². The van der Waals surface area contributed by atoms with Crippen molar-refractivity contribution >= 4 is 35.6 Å². The van der Waals surface area contributed by atoms with Gasteiger partial charge in [0.25, 0.3) is 0 Å². The molecule has 0 fully saturated rings. The molecule has 1 N–H and O–H groups in total. The fourth-order valence-corrected chi connectivity index (χ4v) is 2.07. The van der Waals surface area contributed by atoms with E-state index in [1.165, 1.54) is 0 Å². The van der Waals surface area contributed by atoms with Crippen LogP contribution in [0.15, 0.2) is 34.7 Å². The van der Waals surface area contributed by atoms with E-state index in [0.717, 1.165) is 23.6 Å². The number of rotatable bonds is 6. The summed E-state index contributed by atoms with van der Waals surface area (Å²) in [5, 5.41) is 4.47. The molecule has 0 saturated heterocycles. The fraction of sp³-hybridized carbons (Fsp3) is 0.286. The summed E-state index contributed by atoms with van der Waals surface area (Å²) in [6.07, 6.45) is 0. The van der Waals surface area contributed by atoms with Gasteiger partial charge in [0.1, 0.15) is 11.5 Å². The second-order valence-corrected chi connectivity index (χ2v) is 4.90. The lowest BCUT2D eigenvalue weighted by Crippen LogP contribution is -2.18. The highest BCUT2D eigenvalue weighted by Gasteiger charge is 2.09. The molecule has 0 spiro atoms. The summed E-state index contributed by atoms with van der Waals surface area (Å²) in [5.41, 5.74) is 0.803. The predicted molar refractivity (Wildman–Crippen MR) is 85.0 cm³/mol. The minimum Gasteiger partial charge on any atom is -0.460 e. The molecule has 20 heavy (non-hydrogen) atoms. The number of furan rings is 1. The number of benzene rings is 1. The Hall–Kier alpha value is -0.710. The van der Waals surface area contributed by atoms with Crippen molar-refractivity contribution in [3.05, 3.63) is 46.1 Å². The lowest BCUT2D eigenvalue weighted by molar-refractivity contribution is 0.198. The first-order valence-electron chi connectivity index (χ1n) is 5.94. The first kappa shape index (κ1) is 17.3. The van der Waals surface area contributed by atoms with Gasteiger partial charge in [-0.1, -0.05) is 23.2 Å². The standard InChI is InChI=1S/C14H15Cl2NO2.ClH/c1-18-7-6-17-9-11-3-5-14(19-11)12-8-10(15)2-4-13(12)16;/h2-5,8,17H,6-7,9H2,1H3;1H. The van der Waals surface area contributed by atoms with Gasteiger partial charge in [-0.2, -0.15) is 0 Å². The third-order valence-electron chi connectivity index (χ3n) is 2.64. The van der Waals surface area contributed by atoms with Crippen molar-refractivity contribution in [3.8, 4) is 11.3 Å². The monoisotopic (exact) mass is 335 g/mol. The molecule has 1 heterocycles. The molecule has 0 bridgehead atoms. The highest BCUT2D eigenvalue weighted by Crippen LogP contribution is 2.31. The van der Waals surface area contributed by atoms with Crippen LogP contribution in [-0.4, -0.2) is 20.3 Å². The van der Waals surface area contributed by atoms with Gasteiger partial charge < -0.3 is 14.5 Å². The Morgan fingerprint density at radius 1 is 1.20 bits per heavy atom. The third kappa shape index (κ3) is 4.69. The van der Waals surface area contributed by atoms with E-state index >= 15 is 0 Å². The summed E-state index contributed by atoms with van der Waals surface area (Å²) >= 11 is 12.1. The molecular weight excluding hydrogens is 321 g/mol. The zero-order chi connectivity index (χ0) is 13.7. The van der Waals surface area contributed by atoms with Crippen LogP contribution in [0.4, 0.5) is 0 Å². The summed E-state index contributed by atoms with van der Waals surface area (Å²) < 4.78 is 10.7. The van der Waals surface area contributed by atoms with Crippen LogP contribution in [0.2, 0.25) is 10.0 Å². The molecule has 0 aliphatic carbocycles. The molecule has 6 heteroatoms. The molecule has 0 aliphatic rings. The Bertz CT molecular complexity index is 543. The SMILES string of the molecule is COCCNCc1ccc(-c2cc(Cl)ccc2Cl)o1.Cl. The zero-order valence-electron chi connectivity index (χ0n) is 11.0. The number of hydrogen-bond donors (Lipinski definition) is 1. The largest absolute Gasteiger partial charge is 0.460 e. The average molecular weight is 337 g/mol. The Balaban J connectivity index is 0.00000200. The van der Waals surface area contributed by atoms with Gasteiger partial charge in [-0.25, -0.2) is 0 Å². The third-order valence-corrected chi connectivity index (χ3v) is 3.20. The van der Waals surface area contributed by atoms with E-state index in [1.807, 2.05) is 12.1 Å². The number of ether oxygens (including phenoxy) is 1. The molecule has 0 atom stereocenters. The Morgan fingerprint density at radius 3 is 2.75 bits per heavy atom. The molecule has 0 saturated carbocycles. The van der Waals surface area contributed by atoms with Crippen LogP contribution in [0.1, 0.15) is 5.76 Å². The zero-order valence-corrected chi connectivity index (χ0v) is 13.3.